The molecule has 5 heteroatoms. The Kier molecular flexibility index (Phi) is 5.36. The molecule has 0 saturated heterocycles. The Labute approximate surface area is 141 Å². The average Bonchev–Trinajstić information content (AvgIpc) is 3.03. The van der Waals surface area contributed by atoms with Crippen LogP contribution in [0, 0.1) is 0 Å². The molecule has 0 radical (unpaired) electrons. The summed E-state index contributed by atoms with van der Waals surface area (Å²) in [6, 6.07) is 10.7. The minimum absolute atomic E-state index is 0.385. The maximum atomic E-state index is 11.0. The molecule has 1 aliphatic rings. The maximum absolute atomic E-state index is 11.0. The maximum Gasteiger partial charge on any atom is 0.267 e. The highest BCUT2D eigenvalue weighted by Gasteiger charge is 2.21. The lowest BCUT2D eigenvalue weighted by Gasteiger charge is -2.14. The van der Waals surface area contributed by atoms with E-state index in [0.29, 0.717) is 6.04 Å². The number of carbonyl (C=O) groups is 1. The minimum Gasteiger partial charge on any atom is -0.310 e. The largest absolute Gasteiger partial charge is 0.310 e. The van der Waals surface area contributed by atoms with E-state index in [2.05, 4.69) is 28.5 Å². The van der Waals surface area contributed by atoms with Crippen LogP contribution >= 0.6 is 0 Å². The quantitative estimate of drug-likeness (QED) is 0.434. The average molecular weight is 323 g/mol. The molecule has 2 aromatic rings. The van der Waals surface area contributed by atoms with Crippen molar-refractivity contribution in [1.82, 2.24) is 15.8 Å². The number of pyridine rings is 1. The van der Waals surface area contributed by atoms with Crippen molar-refractivity contribution in [2.75, 3.05) is 6.54 Å². The number of nitrogens with zero attached hydrogens (tertiary/aromatic N) is 1. The monoisotopic (exact) mass is 323 g/mol. The molecule has 24 heavy (non-hydrogen) atoms. The Morgan fingerprint density at radius 1 is 1.38 bits per heavy atom. The number of benzene rings is 1. The zero-order valence-electron chi connectivity index (χ0n) is 13.4. The summed E-state index contributed by atoms with van der Waals surface area (Å²) in [6.07, 6.45) is 9.82. The molecule has 3 rings (SSSR count). The van der Waals surface area contributed by atoms with Crippen LogP contribution in [-0.2, 0) is 17.6 Å². The lowest BCUT2D eigenvalue weighted by Crippen LogP contribution is -2.21. The molecule has 124 valence electrons. The summed E-state index contributed by atoms with van der Waals surface area (Å²) in [6.45, 7) is 0.925. The van der Waals surface area contributed by atoms with E-state index in [1.54, 1.807) is 17.8 Å². The number of aryl methyl sites for hydroxylation is 1. The molecule has 1 heterocycles. The van der Waals surface area contributed by atoms with Gasteiger partial charge in [-0.15, -0.1) is 0 Å². The van der Waals surface area contributed by atoms with Gasteiger partial charge in [0, 0.05) is 24.5 Å². The number of carbonyl (C=O) groups excluding carboxylic acids is 1. The summed E-state index contributed by atoms with van der Waals surface area (Å²) < 4.78 is 0. The number of fused-ring (bicyclic) bond motifs is 1. The number of hydrogen-bond donors (Lipinski definition) is 3. The van der Waals surface area contributed by atoms with Gasteiger partial charge in [0.2, 0.25) is 0 Å². The minimum atomic E-state index is -0.523. The zero-order valence-corrected chi connectivity index (χ0v) is 13.4. The molecule has 3 N–H and O–H groups in total. The predicted molar refractivity (Wildman–Crippen MR) is 92.4 cm³/mol. The van der Waals surface area contributed by atoms with E-state index in [-0.39, 0.29) is 0 Å². The Hall–Kier alpha value is -2.50. The predicted octanol–water partition coefficient (Wildman–Crippen LogP) is 2.42. The van der Waals surface area contributed by atoms with Gasteiger partial charge in [-0.3, -0.25) is 15.0 Å². The van der Waals surface area contributed by atoms with Crippen molar-refractivity contribution in [3.63, 3.8) is 0 Å². The summed E-state index contributed by atoms with van der Waals surface area (Å²) in [4.78, 5) is 15.2. The second-order valence-electron chi connectivity index (χ2n) is 5.92. The highest BCUT2D eigenvalue weighted by molar-refractivity contribution is 5.90. The van der Waals surface area contributed by atoms with Gasteiger partial charge >= 0.3 is 0 Å². The van der Waals surface area contributed by atoms with Gasteiger partial charge in [-0.25, -0.2) is 5.48 Å². The third-order valence-corrected chi connectivity index (χ3v) is 4.31. The number of amides is 1. The van der Waals surface area contributed by atoms with Crippen LogP contribution in [0.5, 0.6) is 0 Å². The lowest BCUT2D eigenvalue weighted by molar-refractivity contribution is -0.124. The Morgan fingerprint density at radius 2 is 2.29 bits per heavy atom. The van der Waals surface area contributed by atoms with Gasteiger partial charge in [-0.2, -0.15) is 0 Å². The summed E-state index contributed by atoms with van der Waals surface area (Å²) in [5.74, 6) is -0.523. The molecule has 1 unspecified atom stereocenters. The second-order valence-corrected chi connectivity index (χ2v) is 5.92. The third-order valence-electron chi connectivity index (χ3n) is 4.31. The van der Waals surface area contributed by atoms with Gasteiger partial charge in [-0.1, -0.05) is 24.3 Å². The Morgan fingerprint density at radius 3 is 3.08 bits per heavy atom. The molecule has 0 aliphatic heterocycles. The van der Waals surface area contributed by atoms with Crippen molar-refractivity contribution < 1.29 is 10.0 Å². The second kappa shape index (κ2) is 7.86. The summed E-state index contributed by atoms with van der Waals surface area (Å²) >= 11 is 0. The molecule has 1 aromatic heterocycles. The standard InChI is InChI=1S/C19H21N3O2/c23-19(22-24)8-4-14-3-6-17-16(12-14)5-7-18(17)21-11-9-15-2-1-10-20-13-15/h1-4,6,8,10,12-13,18,21,24H,5,7,9,11H2,(H,22,23). The van der Waals surface area contributed by atoms with Crippen molar-refractivity contribution in [3.05, 3.63) is 71.1 Å². The first-order chi connectivity index (χ1) is 11.8. The van der Waals surface area contributed by atoms with Crippen LogP contribution < -0.4 is 10.8 Å². The van der Waals surface area contributed by atoms with Crippen LogP contribution in [0.2, 0.25) is 0 Å². The zero-order chi connectivity index (χ0) is 16.8. The molecule has 1 atom stereocenters. The smallest absolute Gasteiger partial charge is 0.267 e. The molecule has 0 spiro atoms. The van der Waals surface area contributed by atoms with Crippen LogP contribution in [0.1, 0.15) is 34.7 Å². The van der Waals surface area contributed by atoms with E-state index in [9.17, 15) is 4.79 Å². The third kappa shape index (κ3) is 4.07. The van der Waals surface area contributed by atoms with Crippen LogP contribution in [0.4, 0.5) is 0 Å². The molecule has 0 bridgehead atoms. The fraction of sp³-hybridized carbons (Fsp3) is 0.263. The molecule has 0 fully saturated rings. The first-order valence-electron chi connectivity index (χ1n) is 8.13. The highest BCUT2D eigenvalue weighted by Crippen LogP contribution is 2.31. The van der Waals surface area contributed by atoms with E-state index in [1.165, 1.54) is 22.8 Å². The van der Waals surface area contributed by atoms with Crippen molar-refractivity contribution in [2.45, 2.75) is 25.3 Å². The van der Waals surface area contributed by atoms with Crippen LogP contribution in [-0.4, -0.2) is 22.6 Å². The van der Waals surface area contributed by atoms with E-state index < -0.39 is 5.91 Å². The fourth-order valence-corrected chi connectivity index (χ4v) is 3.10. The van der Waals surface area contributed by atoms with Crippen molar-refractivity contribution in [3.8, 4) is 0 Å². The van der Waals surface area contributed by atoms with Gasteiger partial charge < -0.3 is 5.32 Å². The van der Waals surface area contributed by atoms with E-state index >= 15 is 0 Å². The van der Waals surface area contributed by atoms with Gasteiger partial charge in [0.25, 0.3) is 5.91 Å². The number of nitrogens with one attached hydrogen (secondary N) is 2. The topological polar surface area (TPSA) is 74.2 Å². The molecule has 5 nitrogen and oxygen atoms in total. The van der Waals surface area contributed by atoms with E-state index in [1.807, 2.05) is 18.3 Å². The van der Waals surface area contributed by atoms with Crippen LogP contribution in [0.25, 0.3) is 6.08 Å². The highest BCUT2D eigenvalue weighted by atomic mass is 16.5. The van der Waals surface area contributed by atoms with Gasteiger partial charge in [-0.05, 0) is 60.2 Å². The molecule has 0 saturated carbocycles. The molecular weight excluding hydrogens is 302 g/mol. The first kappa shape index (κ1) is 16.4. The Bertz CT molecular complexity index is 729. The van der Waals surface area contributed by atoms with E-state index in [0.717, 1.165) is 31.4 Å². The van der Waals surface area contributed by atoms with Crippen LogP contribution in [0.15, 0.2) is 48.8 Å². The number of hydrogen-bond acceptors (Lipinski definition) is 4. The van der Waals surface area contributed by atoms with Crippen molar-refractivity contribution in [2.24, 2.45) is 0 Å². The number of aromatic nitrogens is 1. The summed E-state index contributed by atoms with van der Waals surface area (Å²) in [5, 5.41) is 12.1. The lowest BCUT2D eigenvalue weighted by atomic mass is 10.0. The van der Waals surface area contributed by atoms with Crippen LogP contribution in [0.3, 0.4) is 0 Å². The number of rotatable bonds is 6. The van der Waals surface area contributed by atoms with Gasteiger partial charge in [0.05, 0.1) is 0 Å². The summed E-state index contributed by atoms with van der Waals surface area (Å²) in [5.41, 5.74) is 6.46. The first-order valence-corrected chi connectivity index (χ1v) is 8.13. The normalized spacial score (nSPS) is 16.3. The SMILES string of the molecule is O=C(C=Cc1ccc2c(c1)CCC2NCCc1cccnc1)NO. The van der Waals surface area contributed by atoms with Gasteiger partial charge in [0.15, 0.2) is 0 Å². The fourth-order valence-electron chi connectivity index (χ4n) is 3.10. The molecule has 1 aromatic carbocycles. The Balaban J connectivity index is 1.58. The summed E-state index contributed by atoms with van der Waals surface area (Å²) in [7, 11) is 0. The molecule has 1 amide bonds. The molecule has 1 aliphatic carbocycles. The van der Waals surface area contributed by atoms with Crippen molar-refractivity contribution in [1.29, 1.82) is 0 Å². The molecular formula is C19H21N3O2. The van der Waals surface area contributed by atoms with Crippen molar-refractivity contribution >= 4 is 12.0 Å². The number of hydroxylamine groups is 1. The van der Waals surface area contributed by atoms with Gasteiger partial charge in [0.1, 0.15) is 0 Å². The van der Waals surface area contributed by atoms with E-state index in [4.69, 9.17) is 5.21 Å².